The van der Waals surface area contributed by atoms with Gasteiger partial charge in [0.1, 0.15) is 5.82 Å². The molecular weight excluding hydrogens is 461 g/mol. The van der Waals surface area contributed by atoms with Crippen molar-refractivity contribution in [2.75, 3.05) is 16.0 Å². The van der Waals surface area contributed by atoms with E-state index in [-0.39, 0.29) is 28.3 Å². The predicted octanol–water partition coefficient (Wildman–Crippen LogP) is 5.05. The minimum atomic E-state index is -5.13. The van der Waals surface area contributed by atoms with Gasteiger partial charge >= 0.3 is 12.1 Å². The lowest BCUT2D eigenvalue weighted by atomic mass is 10.1. The molecule has 0 spiro atoms. The number of pyridine rings is 1. The summed E-state index contributed by atoms with van der Waals surface area (Å²) < 4.78 is 38.1. The van der Waals surface area contributed by atoms with Crippen LogP contribution in [0.15, 0.2) is 60.8 Å². The molecule has 1 heterocycles. The van der Waals surface area contributed by atoms with Crippen LogP contribution in [0.1, 0.15) is 26.3 Å². The number of amides is 3. The molecule has 0 aliphatic carbocycles. The van der Waals surface area contributed by atoms with Gasteiger partial charge in [-0.2, -0.15) is 13.2 Å². The fourth-order valence-electron chi connectivity index (χ4n) is 2.77. The van der Waals surface area contributed by atoms with Gasteiger partial charge in [-0.15, -0.1) is 0 Å². The van der Waals surface area contributed by atoms with E-state index in [1.807, 2.05) is 0 Å². The van der Waals surface area contributed by atoms with Crippen LogP contribution in [0.4, 0.5) is 30.4 Å². The average Bonchev–Trinajstić information content (AvgIpc) is 2.75. The first-order valence-electron chi connectivity index (χ1n) is 9.36. The predicted molar refractivity (Wildman–Crippen MR) is 117 cm³/mol. The third-order valence-corrected chi connectivity index (χ3v) is 4.54. The van der Waals surface area contributed by atoms with E-state index in [0.29, 0.717) is 10.6 Å². The molecular formula is C22H16ClF3N4O3. The maximum Gasteiger partial charge on any atom is 0.471 e. The first-order valence-corrected chi connectivity index (χ1v) is 9.74. The quantitative estimate of drug-likeness (QED) is 0.480. The standard InChI is InChI=1S/C22H16ClF3N4O3/c1-12-6-8-15(17(10-12)29-21(33)22(24,25)26)19(31)28-16-5-3-2-4-14(16)20(32)30-18-9-7-13(23)11-27-18/h2-11H,1H3,(H,28,31)(H,29,33)(H,27,30,32). The molecule has 1 aromatic heterocycles. The third-order valence-electron chi connectivity index (χ3n) is 4.31. The van der Waals surface area contributed by atoms with Crippen molar-refractivity contribution in [3.8, 4) is 0 Å². The molecule has 3 amide bonds. The van der Waals surface area contributed by atoms with E-state index >= 15 is 0 Å². The summed E-state index contributed by atoms with van der Waals surface area (Å²) in [6.45, 7) is 1.59. The zero-order valence-electron chi connectivity index (χ0n) is 17.0. The van der Waals surface area contributed by atoms with Crippen molar-refractivity contribution in [2.45, 2.75) is 13.1 Å². The second kappa shape index (κ2) is 9.70. The molecule has 0 aliphatic rings. The van der Waals surface area contributed by atoms with Gasteiger partial charge in [0.2, 0.25) is 0 Å². The SMILES string of the molecule is Cc1ccc(C(=O)Nc2ccccc2C(=O)Nc2ccc(Cl)cn2)c(NC(=O)C(F)(F)F)c1. The number of rotatable bonds is 5. The van der Waals surface area contributed by atoms with Crippen LogP contribution in [0.5, 0.6) is 0 Å². The Labute approximate surface area is 191 Å². The molecule has 3 N–H and O–H groups in total. The maximum absolute atomic E-state index is 12.8. The van der Waals surface area contributed by atoms with Crippen LogP contribution in [0.3, 0.4) is 0 Å². The zero-order valence-corrected chi connectivity index (χ0v) is 17.7. The van der Waals surface area contributed by atoms with Gasteiger partial charge in [0, 0.05) is 6.20 Å². The molecule has 0 saturated carbocycles. The number of nitrogens with zero attached hydrogens (tertiary/aromatic N) is 1. The molecule has 0 saturated heterocycles. The van der Waals surface area contributed by atoms with E-state index in [1.165, 1.54) is 48.7 Å². The van der Waals surface area contributed by atoms with Crippen LogP contribution in [-0.2, 0) is 4.79 Å². The van der Waals surface area contributed by atoms with Crippen LogP contribution >= 0.6 is 11.6 Å². The van der Waals surface area contributed by atoms with Gasteiger partial charge in [0.05, 0.1) is 27.5 Å². The number of aryl methyl sites for hydroxylation is 1. The number of halogens is 4. The first-order chi connectivity index (χ1) is 15.5. The number of hydrogen-bond donors (Lipinski definition) is 3. The monoisotopic (exact) mass is 476 g/mol. The fourth-order valence-corrected chi connectivity index (χ4v) is 2.88. The Bertz CT molecular complexity index is 1210. The van der Waals surface area contributed by atoms with Gasteiger partial charge in [0.15, 0.2) is 0 Å². The molecule has 0 aliphatic heterocycles. The van der Waals surface area contributed by atoms with Crippen molar-refractivity contribution in [1.82, 2.24) is 4.98 Å². The van der Waals surface area contributed by atoms with E-state index in [2.05, 4.69) is 15.6 Å². The average molecular weight is 477 g/mol. The summed E-state index contributed by atoms with van der Waals surface area (Å²) in [5.74, 6) is -3.40. The number of carbonyl (C=O) groups excluding carboxylic acids is 3. The summed E-state index contributed by atoms with van der Waals surface area (Å²) in [6, 6.07) is 13.1. The Morgan fingerprint density at radius 3 is 2.18 bits per heavy atom. The molecule has 0 unspecified atom stereocenters. The van der Waals surface area contributed by atoms with Gasteiger partial charge in [-0.05, 0) is 48.9 Å². The van der Waals surface area contributed by atoms with Crippen molar-refractivity contribution >= 4 is 46.5 Å². The molecule has 2 aromatic carbocycles. The number of benzene rings is 2. The smallest absolute Gasteiger partial charge is 0.321 e. The molecule has 11 heteroatoms. The highest BCUT2D eigenvalue weighted by Gasteiger charge is 2.39. The molecule has 3 rings (SSSR count). The Morgan fingerprint density at radius 1 is 0.848 bits per heavy atom. The molecule has 0 fully saturated rings. The van der Waals surface area contributed by atoms with Crippen molar-refractivity contribution in [2.24, 2.45) is 0 Å². The van der Waals surface area contributed by atoms with Crippen LogP contribution in [0.2, 0.25) is 5.02 Å². The number of anilines is 3. The third kappa shape index (κ3) is 6.07. The molecule has 0 bridgehead atoms. The van der Waals surface area contributed by atoms with Crippen molar-refractivity contribution < 1.29 is 27.6 Å². The van der Waals surface area contributed by atoms with E-state index in [0.717, 1.165) is 0 Å². The molecule has 7 nitrogen and oxygen atoms in total. The van der Waals surface area contributed by atoms with Gasteiger partial charge in [-0.25, -0.2) is 4.98 Å². The normalized spacial score (nSPS) is 10.9. The summed E-state index contributed by atoms with van der Waals surface area (Å²) in [5, 5.41) is 7.15. The molecule has 0 atom stereocenters. The Kier molecular flexibility index (Phi) is 6.98. The van der Waals surface area contributed by atoms with Gasteiger partial charge in [-0.1, -0.05) is 29.8 Å². The summed E-state index contributed by atoms with van der Waals surface area (Å²) in [7, 11) is 0. The number of nitrogens with one attached hydrogen (secondary N) is 3. The Hall–Kier alpha value is -3.92. The minimum absolute atomic E-state index is 0.0792. The summed E-state index contributed by atoms with van der Waals surface area (Å²) in [4.78, 5) is 40.9. The van der Waals surface area contributed by atoms with E-state index in [9.17, 15) is 27.6 Å². The van der Waals surface area contributed by atoms with E-state index < -0.39 is 23.9 Å². The fraction of sp³-hybridized carbons (Fsp3) is 0.0909. The second-order valence-corrected chi connectivity index (χ2v) is 7.25. The number of hydrogen-bond acceptors (Lipinski definition) is 4. The zero-order chi connectivity index (χ0) is 24.2. The highest BCUT2D eigenvalue weighted by atomic mass is 35.5. The van der Waals surface area contributed by atoms with Crippen molar-refractivity contribution in [1.29, 1.82) is 0 Å². The van der Waals surface area contributed by atoms with Crippen LogP contribution in [0.25, 0.3) is 0 Å². The van der Waals surface area contributed by atoms with Gasteiger partial charge < -0.3 is 16.0 Å². The van der Waals surface area contributed by atoms with E-state index in [1.54, 1.807) is 24.4 Å². The largest absolute Gasteiger partial charge is 0.471 e. The van der Waals surface area contributed by atoms with Crippen LogP contribution in [-0.4, -0.2) is 28.9 Å². The first kappa shape index (κ1) is 23.7. The highest BCUT2D eigenvalue weighted by molar-refractivity contribution is 6.30. The van der Waals surface area contributed by atoms with Crippen LogP contribution in [0, 0.1) is 6.92 Å². The number of alkyl halides is 3. The second-order valence-electron chi connectivity index (χ2n) is 6.82. The number of aromatic nitrogens is 1. The Morgan fingerprint density at radius 2 is 1.52 bits per heavy atom. The van der Waals surface area contributed by atoms with Gasteiger partial charge in [0.25, 0.3) is 11.8 Å². The molecule has 33 heavy (non-hydrogen) atoms. The molecule has 0 radical (unpaired) electrons. The summed E-state index contributed by atoms with van der Waals surface area (Å²) in [6.07, 6.45) is -3.78. The maximum atomic E-state index is 12.8. The minimum Gasteiger partial charge on any atom is -0.321 e. The molecule has 170 valence electrons. The van der Waals surface area contributed by atoms with E-state index in [4.69, 9.17) is 11.6 Å². The summed E-state index contributed by atoms with van der Waals surface area (Å²) >= 11 is 5.77. The summed E-state index contributed by atoms with van der Waals surface area (Å²) in [5.41, 5.74) is 0.174. The lowest BCUT2D eigenvalue weighted by Gasteiger charge is -2.15. The molecule has 3 aromatic rings. The van der Waals surface area contributed by atoms with Crippen LogP contribution < -0.4 is 16.0 Å². The lowest BCUT2D eigenvalue weighted by molar-refractivity contribution is -0.167. The van der Waals surface area contributed by atoms with Crippen molar-refractivity contribution in [3.63, 3.8) is 0 Å². The topological polar surface area (TPSA) is 100 Å². The van der Waals surface area contributed by atoms with Gasteiger partial charge in [-0.3, -0.25) is 14.4 Å². The highest BCUT2D eigenvalue weighted by Crippen LogP contribution is 2.24. The number of para-hydroxylation sites is 1. The number of carbonyl (C=O) groups is 3. The Balaban J connectivity index is 1.85. The lowest BCUT2D eigenvalue weighted by Crippen LogP contribution is -2.31. The van der Waals surface area contributed by atoms with Crippen molar-refractivity contribution in [3.05, 3.63) is 82.5 Å².